The fourth-order valence-electron chi connectivity index (χ4n) is 2.84. The first-order chi connectivity index (χ1) is 8.81. The quantitative estimate of drug-likeness (QED) is 0.848. The van der Waals surface area contributed by atoms with E-state index < -0.39 is 0 Å². The highest BCUT2D eigenvalue weighted by atomic mass is 32.1. The molecule has 0 amide bonds. The van der Waals surface area contributed by atoms with Crippen LogP contribution in [0, 0.1) is 5.92 Å². The van der Waals surface area contributed by atoms with Gasteiger partial charge in [-0.05, 0) is 51.0 Å². The third-order valence-electron chi connectivity index (χ3n) is 3.85. The topological polar surface area (TPSA) is 15.3 Å². The molecule has 2 nitrogen and oxygen atoms in total. The molecule has 0 radical (unpaired) electrons. The zero-order chi connectivity index (χ0) is 12.8. The maximum atomic E-state index is 3.22. The average molecular weight is 266 g/mol. The van der Waals surface area contributed by atoms with E-state index in [1.165, 1.54) is 48.5 Å². The van der Waals surface area contributed by atoms with Gasteiger partial charge < -0.3 is 5.32 Å². The molecule has 0 aromatic carbocycles. The molecule has 102 valence electrons. The summed E-state index contributed by atoms with van der Waals surface area (Å²) >= 11 is 1.96. The van der Waals surface area contributed by atoms with Crippen LogP contribution in [-0.4, -0.2) is 25.0 Å². The molecule has 1 N–H and O–H groups in total. The van der Waals surface area contributed by atoms with Gasteiger partial charge in [0.05, 0.1) is 0 Å². The number of nitrogens with one attached hydrogen (secondary N) is 1. The molecule has 2 heterocycles. The summed E-state index contributed by atoms with van der Waals surface area (Å²) in [6, 6.07) is 4.57. The van der Waals surface area contributed by atoms with Gasteiger partial charge in [0.1, 0.15) is 0 Å². The summed E-state index contributed by atoms with van der Waals surface area (Å²) < 4.78 is 0. The van der Waals surface area contributed by atoms with Crippen molar-refractivity contribution in [2.45, 2.75) is 45.7 Å². The van der Waals surface area contributed by atoms with Gasteiger partial charge in [-0.15, -0.1) is 11.3 Å². The summed E-state index contributed by atoms with van der Waals surface area (Å²) in [4.78, 5) is 5.60. The van der Waals surface area contributed by atoms with Crippen molar-refractivity contribution < 1.29 is 0 Å². The number of nitrogens with zero attached hydrogens (tertiary/aromatic N) is 1. The first-order valence-corrected chi connectivity index (χ1v) is 8.08. The predicted octanol–water partition coefficient (Wildman–Crippen LogP) is 3.48. The van der Waals surface area contributed by atoms with Crippen LogP contribution in [0.2, 0.25) is 0 Å². The molecule has 0 atom stereocenters. The van der Waals surface area contributed by atoms with Gasteiger partial charge in [0.15, 0.2) is 0 Å². The third kappa shape index (κ3) is 4.08. The lowest BCUT2D eigenvalue weighted by atomic mass is 9.92. The normalized spacial score (nSPS) is 18.3. The van der Waals surface area contributed by atoms with E-state index in [4.69, 9.17) is 0 Å². The summed E-state index contributed by atoms with van der Waals surface area (Å²) in [5.41, 5.74) is 0. The SMILES string of the molecule is CCCC1CCN(Cc2ccc(CNC)s2)CC1. The molecule has 1 fully saturated rings. The lowest BCUT2D eigenvalue weighted by Crippen LogP contribution is -2.32. The van der Waals surface area contributed by atoms with Gasteiger partial charge in [-0.1, -0.05) is 19.8 Å². The van der Waals surface area contributed by atoms with Crippen LogP contribution in [0.25, 0.3) is 0 Å². The second kappa shape index (κ2) is 7.27. The molecule has 1 aliphatic rings. The zero-order valence-electron chi connectivity index (χ0n) is 11.7. The monoisotopic (exact) mass is 266 g/mol. The first-order valence-electron chi connectivity index (χ1n) is 7.26. The Balaban J connectivity index is 1.76. The van der Waals surface area contributed by atoms with Crippen LogP contribution < -0.4 is 5.32 Å². The summed E-state index contributed by atoms with van der Waals surface area (Å²) in [5.74, 6) is 0.995. The molecule has 0 spiro atoms. The number of hydrogen-bond donors (Lipinski definition) is 1. The predicted molar refractivity (Wildman–Crippen MR) is 80.0 cm³/mol. The van der Waals surface area contributed by atoms with Crippen LogP contribution in [-0.2, 0) is 13.1 Å². The van der Waals surface area contributed by atoms with E-state index in [9.17, 15) is 0 Å². The molecule has 1 saturated heterocycles. The molecular weight excluding hydrogens is 240 g/mol. The van der Waals surface area contributed by atoms with Gasteiger partial charge >= 0.3 is 0 Å². The Morgan fingerprint density at radius 3 is 2.67 bits per heavy atom. The fraction of sp³-hybridized carbons (Fsp3) is 0.733. The fourth-order valence-corrected chi connectivity index (χ4v) is 3.91. The molecule has 18 heavy (non-hydrogen) atoms. The van der Waals surface area contributed by atoms with E-state index in [0.717, 1.165) is 19.0 Å². The molecule has 2 rings (SSSR count). The standard InChI is InChI=1S/C15H26N2S/c1-3-4-13-7-9-17(10-8-13)12-15-6-5-14(18-15)11-16-2/h5-6,13,16H,3-4,7-12H2,1-2H3. The maximum Gasteiger partial charge on any atom is 0.0328 e. The molecule has 0 aliphatic carbocycles. The van der Waals surface area contributed by atoms with E-state index in [0.29, 0.717) is 0 Å². The minimum absolute atomic E-state index is 0.995. The Morgan fingerprint density at radius 2 is 2.00 bits per heavy atom. The van der Waals surface area contributed by atoms with Crippen molar-refractivity contribution in [3.63, 3.8) is 0 Å². The second-order valence-corrected chi connectivity index (χ2v) is 6.66. The van der Waals surface area contributed by atoms with Crippen molar-refractivity contribution in [2.75, 3.05) is 20.1 Å². The highest BCUT2D eigenvalue weighted by Crippen LogP contribution is 2.24. The van der Waals surface area contributed by atoms with Crippen molar-refractivity contribution in [2.24, 2.45) is 5.92 Å². The van der Waals surface area contributed by atoms with Gasteiger partial charge in [-0.3, -0.25) is 4.90 Å². The largest absolute Gasteiger partial charge is 0.315 e. The minimum Gasteiger partial charge on any atom is -0.315 e. The van der Waals surface area contributed by atoms with Crippen LogP contribution in [0.4, 0.5) is 0 Å². The molecule has 3 heteroatoms. The first kappa shape index (κ1) is 14.0. The van der Waals surface area contributed by atoms with Crippen molar-refractivity contribution in [3.8, 4) is 0 Å². The highest BCUT2D eigenvalue weighted by Gasteiger charge is 2.18. The summed E-state index contributed by atoms with van der Waals surface area (Å²) in [5, 5.41) is 3.22. The van der Waals surface area contributed by atoms with Gasteiger partial charge in [-0.2, -0.15) is 0 Å². The number of piperidine rings is 1. The molecule has 1 aromatic heterocycles. The number of likely N-dealkylation sites (tertiary alicyclic amines) is 1. The Hall–Kier alpha value is -0.380. The van der Waals surface area contributed by atoms with E-state index in [1.54, 1.807) is 0 Å². The number of hydrogen-bond acceptors (Lipinski definition) is 3. The lowest BCUT2D eigenvalue weighted by Gasteiger charge is -2.31. The maximum absolute atomic E-state index is 3.22. The Morgan fingerprint density at radius 1 is 1.28 bits per heavy atom. The highest BCUT2D eigenvalue weighted by molar-refractivity contribution is 7.11. The van der Waals surface area contributed by atoms with Crippen molar-refractivity contribution in [1.29, 1.82) is 0 Å². The van der Waals surface area contributed by atoms with E-state index in [2.05, 4.69) is 29.3 Å². The molecule has 1 aliphatic heterocycles. The number of thiophene rings is 1. The molecule has 0 bridgehead atoms. The Labute approximate surface area is 115 Å². The molecule has 0 unspecified atom stereocenters. The van der Waals surface area contributed by atoms with Crippen LogP contribution in [0.5, 0.6) is 0 Å². The summed E-state index contributed by atoms with van der Waals surface area (Å²) in [6.07, 6.45) is 5.59. The molecular formula is C15H26N2S. The average Bonchev–Trinajstić information content (AvgIpc) is 2.80. The van der Waals surface area contributed by atoms with Crippen molar-refractivity contribution >= 4 is 11.3 Å². The van der Waals surface area contributed by atoms with E-state index >= 15 is 0 Å². The van der Waals surface area contributed by atoms with Gasteiger partial charge in [0.25, 0.3) is 0 Å². The minimum atomic E-state index is 0.995. The van der Waals surface area contributed by atoms with Crippen molar-refractivity contribution in [1.82, 2.24) is 10.2 Å². The van der Waals surface area contributed by atoms with Crippen molar-refractivity contribution in [3.05, 3.63) is 21.9 Å². The lowest BCUT2D eigenvalue weighted by molar-refractivity contribution is 0.173. The Bertz CT molecular complexity index is 340. The Kier molecular flexibility index (Phi) is 5.67. The zero-order valence-corrected chi connectivity index (χ0v) is 12.6. The van der Waals surface area contributed by atoms with E-state index in [-0.39, 0.29) is 0 Å². The van der Waals surface area contributed by atoms with Crippen LogP contribution in [0.3, 0.4) is 0 Å². The van der Waals surface area contributed by atoms with Gasteiger partial charge in [0.2, 0.25) is 0 Å². The summed E-state index contributed by atoms with van der Waals surface area (Å²) in [7, 11) is 2.01. The number of rotatable bonds is 6. The molecule has 1 aromatic rings. The second-order valence-electron chi connectivity index (χ2n) is 5.41. The third-order valence-corrected chi connectivity index (χ3v) is 4.92. The van der Waals surface area contributed by atoms with E-state index in [1.807, 2.05) is 18.4 Å². The summed E-state index contributed by atoms with van der Waals surface area (Å²) in [6.45, 7) is 7.06. The smallest absolute Gasteiger partial charge is 0.0328 e. The van der Waals surface area contributed by atoms with Crippen LogP contribution in [0.1, 0.15) is 42.4 Å². The van der Waals surface area contributed by atoms with Crippen LogP contribution in [0.15, 0.2) is 12.1 Å². The van der Waals surface area contributed by atoms with Gasteiger partial charge in [0, 0.05) is 22.8 Å². The molecule has 0 saturated carbocycles. The van der Waals surface area contributed by atoms with Gasteiger partial charge in [-0.25, -0.2) is 0 Å². The van der Waals surface area contributed by atoms with Crippen LogP contribution >= 0.6 is 11.3 Å².